The molecule has 0 aliphatic carbocycles. The maximum Gasteiger partial charge on any atom is 0.335 e. The molecule has 1 aromatic heterocycles. The minimum Gasteiger partial charge on any atom is -0.478 e. The Kier molecular flexibility index (Phi) is 6.69. The summed E-state index contributed by atoms with van der Waals surface area (Å²) in [6.45, 7) is 3.72. The zero-order chi connectivity index (χ0) is 23.7. The van der Waals surface area contributed by atoms with Gasteiger partial charge >= 0.3 is 5.97 Å². The van der Waals surface area contributed by atoms with Crippen molar-refractivity contribution >= 4 is 48.0 Å². The molecule has 0 fully saturated rings. The van der Waals surface area contributed by atoms with E-state index in [1.807, 2.05) is 0 Å². The fourth-order valence-corrected chi connectivity index (χ4v) is 5.59. The number of nitrogens with one attached hydrogen (secondary N) is 2. The number of aromatic carboxylic acids is 1. The molecule has 3 rings (SSSR count). The number of rotatable bonds is 9. The normalized spacial score (nSPS) is 12.4. The first kappa shape index (κ1) is 23.9. The van der Waals surface area contributed by atoms with Crippen LogP contribution in [0, 0.1) is 0 Å². The van der Waals surface area contributed by atoms with Gasteiger partial charge in [0.25, 0.3) is 0 Å². The molecule has 0 spiro atoms. The summed E-state index contributed by atoms with van der Waals surface area (Å²) < 4.78 is 61.6. The molecular weight excluding hydrogens is 460 g/mol. The van der Waals surface area contributed by atoms with Gasteiger partial charge in [-0.15, -0.1) is 0 Å². The molecule has 0 amide bonds. The van der Waals surface area contributed by atoms with E-state index in [-0.39, 0.29) is 40.6 Å². The molecule has 0 bridgehead atoms. The predicted molar refractivity (Wildman–Crippen MR) is 118 cm³/mol. The van der Waals surface area contributed by atoms with Crippen LogP contribution in [0.2, 0.25) is 0 Å². The Labute approximate surface area is 184 Å². The molecule has 1 heterocycles. The van der Waals surface area contributed by atoms with E-state index >= 15 is 0 Å². The highest BCUT2D eigenvalue weighted by molar-refractivity contribution is 7.90. The maximum atomic E-state index is 13.2. The van der Waals surface area contributed by atoms with E-state index in [1.165, 1.54) is 12.1 Å². The van der Waals surface area contributed by atoms with Gasteiger partial charge in [-0.1, -0.05) is 13.8 Å². The first-order chi connectivity index (χ1) is 15.0. The average Bonchev–Trinajstić information content (AvgIpc) is 2.75. The zero-order valence-corrected chi connectivity index (χ0v) is 19.0. The highest BCUT2D eigenvalue weighted by atomic mass is 32.2. The lowest BCUT2D eigenvalue weighted by atomic mass is 10.1. The number of sulfonamides is 2. The van der Waals surface area contributed by atoms with Crippen LogP contribution in [-0.4, -0.2) is 41.0 Å². The second-order valence-corrected chi connectivity index (χ2v) is 10.5. The van der Waals surface area contributed by atoms with Crippen LogP contribution in [0.5, 0.6) is 0 Å². The van der Waals surface area contributed by atoms with Gasteiger partial charge < -0.3 is 9.52 Å². The largest absolute Gasteiger partial charge is 0.478 e. The smallest absolute Gasteiger partial charge is 0.335 e. The molecule has 0 radical (unpaired) electrons. The molecule has 12 heteroatoms. The summed E-state index contributed by atoms with van der Waals surface area (Å²) >= 11 is 0. The van der Waals surface area contributed by atoms with Crippen molar-refractivity contribution in [1.82, 2.24) is 9.44 Å². The molecule has 0 atom stereocenters. The molecule has 10 nitrogen and oxygen atoms in total. The van der Waals surface area contributed by atoms with Crippen molar-refractivity contribution in [2.45, 2.75) is 36.5 Å². The van der Waals surface area contributed by atoms with Crippen LogP contribution in [0.25, 0.3) is 21.9 Å². The molecule has 0 aliphatic heterocycles. The van der Waals surface area contributed by atoms with Crippen LogP contribution < -0.4 is 14.9 Å². The Morgan fingerprint density at radius 1 is 0.938 bits per heavy atom. The van der Waals surface area contributed by atoms with Crippen LogP contribution in [0.1, 0.15) is 37.0 Å². The fraction of sp³-hybridized carbons (Fsp3) is 0.300. The van der Waals surface area contributed by atoms with Crippen LogP contribution in [0.15, 0.2) is 49.3 Å². The summed E-state index contributed by atoms with van der Waals surface area (Å²) in [5, 5.41) is 8.80. The molecule has 3 N–H and O–H groups in total. The third-order valence-corrected chi connectivity index (χ3v) is 7.55. The number of benzene rings is 2. The second-order valence-electron chi connectivity index (χ2n) is 7.04. The average molecular weight is 483 g/mol. The van der Waals surface area contributed by atoms with Crippen molar-refractivity contribution in [2.75, 3.05) is 13.1 Å². The standard InChI is InChI=1S/C20H22N2O8S2/c1-3-7-21-31(26,27)13-10-15-18(23)14-9-12(20(24)25)5-6-16(14)30-19(15)17(11-13)32(28,29)22-8-4-2/h5-6,9-11,21-22H,3-4,7-8H2,1-2H3,(H,24,25). The molecule has 0 saturated heterocycles. The monoisotopic (exact) mass is 482 g/mol. The summed E-state index contributed by atoms with van der Waals surface area (Å²) in [6.07, 6.45) is 0.985. The van der Waals surface area contributed by atoms with Gasteiger partial charge in [0.2, 0.25) is 25.5 Å². The number of carbonyl (C=O) groups is 1. The van der Waals surface area contributed by atoms with Gasteiger partial charge in [0.15, 0.2) is 5.58 Å². The summed E-state index contributed by atoms with van der Waals surface area (Å²) in [4.78, 5) is 23.5. The van der Waals surface area contributed by atoms with E-state index in [9.17, 15) is 31.5 Å². The van der Waals surface area contributed by atoms with Crippen molar-refractivity contribution in [2.24, 2.45) is 0 Å². The Balaban J connectivity index is 2.43. The van der Waals surface area contributed by atoms with Crippen molar-refractivity contribution in [3.05, 3.63) is 46.1 Å². The molecule has 3 aromatic rings. The quantitative estimate of drug-likeness (QED) is 0.391. The topological polar surface area (TPSA) is 160 Å². The van der Waals surface area contributed by atoms with Gasteiger partial charge in [-0.2, -0.15) is 0 Å². The SMILES string of the molecule is CCCNS(=O)(=O)c1cc(S(=O)(=O)NCCC)c2oc3ccc(C(=O)O)cc3c(=O)c2c1. The van der Waals surface area contributed by atoms with Crippen LogP contribution in [0.4, 0.5) is 0 Å². The van der Waals surface area contributed by atoms with E-state index in [0.717, 1.165) is 18.2 Å². The van der Waals surface area contributed by atoms with Gasteiger partial charge in [-0.25, -0.2) is 31.1 Å². The summed E-state index contributed by atoms with van der Waals surface area (Å²) in [6, 6.07) is 5.55. The fourth-order valence-electron chi connectivity index (χ4n) is 3.02. The van der Waals surface area contributed by atoms with E-state index in [0.29, 0.717) is 12.8 Å². The summed E-state index contributed by atoms with van der Waals surface area (Å²) in [7, 11) is -8.35. The van der Waals surface area contributed by atoms with Crippen molar-refractivity contribution in [3.8, 4) is 0 Å². The van der Waals surface area contributed by atoms with Crippen LogP contribution in [-0.2, 0) is 20.0 Å². The Hall–Kier alpha value is -2.80. The third-order valence-electron chi connectivity index (χ3n) is 4.64. The Morgan fingerprint density at radius 2 is 1.56 bits per heavy atom. The lowest BCUT2D eigenvalue weighted by molar-refractivity contribution is 0.0697. The minimum absolute atomic E-state index is 0.0286. The van der Waals surface area contributed by atoms with Gasteiger partial charge in [-0.05, 0) is 43.2 Å². The molecule has 0 aliphatic rings. The molecule has 2 aromatic carbocycles. The Bertz CT molecular complexity index is 1470. The number of carboxylic acids is 1. The first-order valence-corrected chi connectivity index (χ1v) is 12.8. The molecule has 0 saturated carbocycles. The lowest BCUT2D eigenvalue weighted by Gasteiger charge is -2.12. The van der Waals surface area contributed by atoms with E-state index < -0.39 is 41.2 Å². The van der Waals surface area contributed by atoms with E-state index in [1.54, 1.807) is 13.8 Å². The first-order valence-electron chi connectivity index (χ1n) is 9.79. The van der Waals surface area contributed by atoms with E-state index in [2.05, 4.69) is 9.44 Å². The lowest BCUT2D eigenvalue weighted by Crippen LogP contribution is -2.27. The Morgan fingerprint density at radius 3 is 2.16 bits per heavy atom. The molecule has 32 heavy (non-hydrogen) atoms. The summed E-state index contributed by atoms with van der Waals surface area (Å²) in [5.41, 5.74) is -1.26. The van der Waals surface area contributed by atoms with Gasteiger partial charge in [0, 0.05) is 13.1 Å². The van der Waals surface area contributed by atoms with Crippen molar-refractivity contribution in [1.29, 1.82) is 0 Å². The number of carboxylic acid groups (broad SMARTS) is 1. The van der Waals surface area contributed by atoms with Gasteiger partial charge in [0.1, 0.15) is 10.5 Å². The predicted octanol–water partition coefficient (Wildman–Crippen LogP) is 2.02. The van der Waals surface area contributed by atoms with Crippen LogP contribution >= 0.6 is 0 Å². The minimum atomic E-state index is -4.23. The highest BCUT2D eigenvalue weighted by Gasteiger charge is 2.26. The zero-order valence-electron chi connectivity index (χ0n) is 17.3. The van der Waals surface area contributed by atoms with Gasteiger partial charge in [-0.3, -0.25) is 4.79 Å². The third kappa shape index (κ3) is 4.53. The summed E-state index contributed by atoms with van der Waals surface area (Å²) in [5.74, 6) is -1.27. The second kappa shape index (κ2) is 8.98. The van der Waals surface area contributed by atoms with Gasteiger partial charge in [0.05, 0.1) is 21.2 Å². The van der Waals surface area contributed by atoms with Crippen LogP contribution in [0.3, 0.4) is 0 Å². The number of hydrogen-bond acceptors (Lipinski definition) is 7. The molecule has 172 valence electrons. The van der Waals surface area contributed by atoms with Crippen molar-refractivity contribution in [3.63, 3.8) is 0 Å². The number of fused-ring (bicyclic) bond motifs is 2. The molecule has 0 unspecified atom stereocenters. The maximum absolute atomic E-state index is 13.2. The highest BCUT2D eigenvalue weighted by Crippen LogP contribution is 2.29. The molecular formula is C20H22N2O8S2. The van der Waals surface area contributed by atoms with E-state index in [4.69, 9.17) is 4.42 Å². The number of hydrogen-bond donors (Lipinski definition) is 3. The van der Waals surface area contributed by atoms with Crippen molar-refractivity contribution < 1.29 is 31.2 Å².